The van der Waals surface area contributed by atoms with Crippen LogP contribution in [0.4, 0.5) is 0 Å². The zero-order valence-corrected chi connectivity index (χ0v) is 19.8. The maximum Gasteiger partial charge on any atom is 0.243 e. The van der Waals surface area contributed by atoms with Gasteiger partial charge in [-0.1, -0.05) is 48.5 Å². The van der Waals surface area contributed by atoms with E-state index in [9.17, 15) is 13.2 Å². The third kappa shape index (κ3) is 5.76. The number of piperidine rings is 1. The number of nitrogens with zero attached hydrogens (tertiary/aromatic N) is 1. The maximum atomic E-state index is 13.2. The van der Waals surface area contributed by atoms with Crippen molar-refractivity contribution < 1.29 is 22.7 Å². The first-order valence-corrected chi connectivity index (χ1v) is 12.6. The Morgan fingerprint density at radius 1 is 0.941 bits per heavy atom. The van der Waals surface area contributed by atoms with Crippen molar-refractivity contribution in [1.82, 2.24) is 9.62 Å². The van der Waals surface area contributed by atoms with Crippen LogP contribution in [0.1, 0.15) is 18.4 Å². The van der Waals surface area contributed by atoms with E-state index in [-0.39, 0.29) is 16.8 Å². The molecule has 34 heavy (non-hydrogen) atoms. The van der Waals surface area contributed by atoms with Crippen LogP contribution in [-0.2, 0) is 21.2 Å². The predicted molar refractivity (Wildman–Crippen MR) is 130 cm³/mol. The first-order valence-electron chi connectivity index (χ1n) is 11.2. The van der Waals surface area contributed by atoms with Gasteiger partial charge in [-0.3, -0.25) is 4.79 Å². The molecule has 3 aromatic carbocycles. The van der Waals surface area contributed by atoms with Gasteiger partial charge in [-0.15, -0.1) is 0 Å². The van der Waals surface area contributed by atoms with E-state index in [4.69, 9.17) is 9.47 Å². The van der Waals surface area contributed by atoms with Crippen LogP contribution in [-0.4, -0.2) is 44.9 Å². The summed E-state index contributed by atoms with van der Waals surface area (Å²) in [4.78, 5) is 12.5. The number of carbonyl (C=O) groups is 1. The first-order chi connectivity index (χ1) is 16.5. The lowest BCUT2D eigenvalue weighted by Crippen LogP contribution is -2.46. The number of amides is 1. The minimum atomic E-state index is -3.68. The molecule has 0 saturated carbocycles. The van der Waals surface area contributed by atoms with Gasteiger partial charge in [0.25, 0.3) is 0 Å². The van der Waals surface area contributed by atoms with Gasteiger partial charge in [-0.25, -0.2) is 8.42 Å². The maximum absolute atomic E-state index is 13.2. The molecule has 178 valence electrons. The van der Waals surface area contributed by atoms with Crippen molar-refractivity contribution in [3.63, 3.8) is 0 Å². The largest absolute Gasteiger partial charge is 0.493 e. The monoisotopic (exact) mass is 480 g/mol. The fraction of sp³-hybridized carbons (Fsp3) is 0.269. The fourth-order valence-electron chi connectivity index (χ4n) is 3.98. The van der Waals surface area contributed by atoms with Crippen molar-refractivity contribution in [2.24, 2.45) is 0 Å². The predicted octanol–water partition coefficient (Wildman–Crippen LogP) is 4.00. The molecule has 0 atom stereocenters. The summed E-state index contributed by atoms with van der Waals surface area (Å²) in [5, 5.41) is 3.03. The van der Waals surface area contributed by atoms with E-state index >= 15 is 0 Å². The molecule has 0 bridgehead atoms. The lowest BCUT2D eigenvalue weighted by molar-refractivity contribution is -0.121. The van der Waals surface area contributed by atoms with Crippen molar-refractivity contribution in [3.05, 3.63) is 84.4 Å². The van der Waals surface area contributed by atoms with Crippen LogP contribution < -0.4 is 14.8 Å². The molecule has 0 aliphatic carbocycles. The molecule has 1 amide bonds. The highest BCUT2D eigenvalue weighted by atomic mass is 32.2. The van der Waals surface area contributed by atoms with Gasteiger partial charge in [0.05, 0.1) is 18.4 Å². The van der Waals surface area contributed by atoms with Crippen LogP contribution >= 0.6 is 0 Å². The molecule has 1 heterocycles. The van der Waals surface area contributed by atoms with Gasteiger partial charge in [0.1, 0.15) is 5.75 Å². The number of ether oxygens (including phenoxy) is 2. The van der Waals surface area contributed by atoms with Gasteiger partial charge in [0.2, 0.25) is 15.9 Å². The molecule has 1 aliphatic heterocycles. The molecule has 0 unspecified atom stereocenters. The quantitative estimate of drug-likeness (QED) is 0.527. The topological polar surface area (TPSA) is 84.9 Å². The van der Waals surface area contributed by atoms with Gasteiger partial charge >= 0.3 is 0 Å². The van der Waals surface area contributed by atoms with Crippen LogP contribution in [0, 0.1) is 0 Å². The Morgan fingerprint density at radius 2 is 1.62 bits per heavy atom. The zero-order valence-electron chi connectivity index (χ0n) is 19.0. The average Bonchev–Trinajstić information content (AvgIpc) is 2.85. The highest BCUT2D eigenvalue weighted by Gasteiger charge is 2.30. The van der Waals surface area contributed by atoms with E-state index in [2.05, 4.69) is 5.32 Å². The highest BCUT2D eigenvalue weighted by molar-refractivity contribution is 7.89. The third-order valence-corrected chi connectivity index (χ3v) is 7.66. The highest BCUT2D eigenvalue weighted by Crippen LogP contribution is 2.32. The average molecular weight is 481 g/mol. The number of carbonyl (C=O) groups excluding carboxylic acids is 1. The summed E-state index contributed by atoms with van der Waals surface area (Å²) in [5.74, 6) is 1.43. The van der Waals surface area contributed by atoms with Gasteiger partial charge in [0, 0.05) is 25.2 Å². The van der Waals surface area contributed by atoms with Gasteiger partial charge in [-0.2, -0.15) is 4.31 Å². The standard InChI is InChI=1S/C26H28N2O5S/c1-32-24-12-5-6-13-25(24)33-22-10-7-11-23(19-22)34(30,31)28-16-14-21(15-17-28)27-26(29)18-20-8-3-2-4-9-20/h2-13,19,21H,14-18H2,1H3,(H,27,29). The molecular weight excluding hydrogens is 452 g/mol. The molecule has 4 rings (SSSR count). The van der Waals surface area contributed by atoms with Gasteiger partial charge in [0.15, 0.2) is 11.5 Å². The second-order valence-corrected chi connectivity index (χ2v) is 10.1. The molecule has 7 nitrogen and oxygen atoms in total. The third-order valence-electron chi connectivity index (χ3n) is 5.77. The van der Waals surface area contributed by atoms with Crippen LogP contribution in [0.3, 0.4) is 0 Å². The van der Waals surface area contributed by atoms with E-state index in [0.29, 0.717) is 49.6 Å². The van der Waals surface area contributed by atoms with Crippen molar-refractivity contribution in [3.8, 4) is 17.2 Å². The molecule has 1 aliphatic rings. The fourth-order valence-corrected chi connectivity index (χ4v) is 5.48. The molecular formula is C26H28N2O5S. The van der Waals surface area contributed by atoms with E-state index in [1.807, 2.05) is 42.5 Å². The van der Waals surface area contributed by atoms with Crippen molar-refractivity contribution >= 4 is 15.9 Å². The van der Waals surface area contributed by atoms with E-state index in [0.717, 1.165) is 5.56 Å². The summed E-state index contributed by atoms with van der Waals surface area (Å²) < 4.78 is 39.1. The van der Waals surface area contributed by atoms with Crippen molar-refractivity contribution in [2.45, 2.75) is 30.2 Å². The minimum Gasteiger partial charge on any atom is -0.493 e. The molecule has 1 fully saturated rings. The lowest BCUT2D eigenvalue weighted by atomic mass is 10.1. The summed E-state index contributed by atoms with van der Waals surface area (Å²) in [6.07, 6.45) is 1.45. The molecule has 1 saturated heterocycles. The number of hydrogen-bond acceptors (Lipinski definition) is 5. The number of para-hydroxylation sites is 2. The Kier molecular flexibility index (Phi) is 7.49. The number of benzene rings is 3. The second-order valence-electron chi connectivity index (χ2n) is 8.14. The number of hydrogen-bond donors (Lipinski definition) is 1. The van der Waals surface area contributed by atoms with E-state index < -0.39 is 10.0 Å². The first kappa shape index (κ1) is 23.8. The Bertz CT molecular complexity index is 1220. The number of nitrogens with one attached hydrogen (secondary N) is 1. The normalized spacial score (nSPS) is 15.0. The number of rotatable bonds is 8. The number of methoxy groups -OCH3 is 1. The number of sulfonamides is 1. The molecule has 3 aromatic rings. The minimum absolute atomic E-state index is 0.0390. The summed E-state index contributed by atoms with van der Waals surface area (Å²) in [6, 6.07) is 23.2. The Hall–Kier alpha value is -3.36. The summed E-state index contributed by atoms with van der Waals surface area (Å²) in [6.45, 7) is 0.687. The molecule has 0 radical (unpaired) electrons. The Labute approximate surface area is 200 Å². The molecule has 8 heteroatoms. The lowest BCUT2D eigenvalue weighted by Gasteiger charge is -2.31. The summed E-state index contributed by atoms with van der Waals surface area (Å²) >= 11 is 0. The zero-order chi connectivity index (χ0) is 24.0. The SMILES string of the molecule is COc1ccccc1Oc1cccc(S(=O)(=O)N2CCC(NC(=O)Cc3ccccc3)CC2)c1. The van der Waals surface area contributed by atoms with E-state index in [1.165, 1.54) is 10.4 Å². The van der Waals surface area contributed by atoms with Gasteiger partial charge < -0.3 is 14.8 Å². The molecule has 0 aromatic heterocycles. The van der Waals surface area contributed by atoms with Crippen molar-refractivity contribution in [1.29, 1.82) is 0 Å². The second kappa shape index (κ2) is 10.7. The Morgan fingerprint density at radius 3 is 2.32 bits per heavy atom. The van der Waals surface area contributed by atoms with Gasteiger partial charge in [-0.05, 0) is 42.7 Å². The van der Waals surface area contributed by atoms with Crippen LogP contribution in [0.2, 0.25) is 0 Å². The van der Waals surface area contributed by atoms with Crippen molar-refractivity contribution in [2.75, 3.05) is 20.2 Å². The Balaban J connectivity index is 1.37. The smallest absolute Gasteiger partial charge is 0.243 e. The molecule has 0 spiro atoms. The van der Waals surface area contributed by atoms with Crippen LogP contribution in [0.5, 0.6) is 17.2 Å². The van der Waals surface area contributed by atoms with Crippen LogP contribution in [0.25, 0.3) is 0 Å². The summed E-state index contributed by atoms with van der Waals surface area (Å²) in [7, 11) is -2.13. The summed E-state index contributed by atoms with van der Waals surface area (Å²) in [5.41, 5.74) is 0.954. The van der Waals surface area contributed by atoms with Crippen LogP contribution in [0.15, 0.2) is 83.8 Å². The molecule has 1 N–H and O–H groups in total. The van der Waals surface area contributed by atoms with E-state index in [1.54, 1.807) is 37.4 Å².